The molecule has 150 valence electrons. The lowest BCUT2D eigenvalue weighted by Gasteiger charge is -2.12. The number of benzene rings is 1. The fourth-order valence-electron chi connectivity index (χ4n) is 3.17. The Morgan fingerprint density at radius 2 is 1.83 bits per heavy atom. The Labute approximate surface area is 171 Å². The molecule has 0 saturated carbocycles. The van der Waals surface area contributed by atoms with E-state index < -0.39 is 0 Å². The van der Waals surface area contributed by atoms with Crippen LogP contribution in [0, 0.1) is 13.8 Å². The van der Waals surface area contributed by atoms with Crippen molar-refractivity contribution in [2.75, 3.05) is 19.5 Å². The molecule has 0 aliphatic carbocycles. The van der Waals surface area contributed by atoms with Crippen molar-refractivity contribution in [3.8, 4) is 0 Å². The second-order valence-electron chi connectivity index (χ2n) is 7.03. The summed E-state index contributed by atoms with van der Waals surface area (Å²) in [6.45, 7) is 4.02. The largest absolute Gasteiger partial charge is 0.465 e. The van der Waals surface area contributed by atoms with Crippen LogP contribution in [0.2, 0.25) is 0 Å². The Morgan fingerprint density at radius 3 is 2.52 bits per heavy atom. The summed E-state index contributed by atoms with van der Waals surface area (Å²) in [5.74, 6) is 1.27. The minimum absolute atomic E-state index is 0.319. The molecule has 0 fully saturated rings. The highest BCUT2D eigenvalue weighted by molar-refractivity contribution is 5.89. The van der Waals surface area contributed by atoms with Crippen LogP contribution in [0.1, 0.15) is 44.1 Å². The average molecular weight is 390 g/mol. The van der Waals surface area contributed by atoms with E-state index in [2.05, 4.69) is 26.3 Å². The summed E-state index contributed by atoms with van der Waals surface area (Å²) in [5, 5.41) is 3.18. The molecule has 2 heterocycles. The molecule has 1 aromatic carbocycles. The van der Waals surface area contributed by atoms with Crippen LogP contribution in [0.3, 0.4) is 0 Å². The van der Waals surface area contributed by atoms with Gasteiger partial charge >= 0.3 is 5.97 Å². The van der Waals surface area contributed by atoms with Crippen LogP contribution in [0.25, 0.3) is 0 Å². The zero-order valence-corrected chi connectivity index (χ0v) is 17.3. The number of hydrogen-bond donors (Lipinski definition) is 1. The van der Waals surface area contributed by atoms with Crippen LogP contribution in [-0.2, 0) is 24.0 Å². The highest BCUT2D eigenvalue weighted by Gasteiger charge is 2.11. The fourth-order valence-corrected chi connectivity index (χ4v) is 3.17. The highest BCUT2D eigenvalue weighted by Crippen LogP contribution is 2.19. The normalized spacial score (nSPS) is 10.6. The summed E-state index contributed by atoms with van der Waals surface area (Å²) in [4.78, 5) is 25.4. The van der Waals surface area contributed by atoms with Gasteiger partial charge in [-0.05, 0) is 61.6 Å². The molecule has 0 aliphatic rings. The molecular formula is C23H26N4O2. The molecule has 6 nitrogen and oxygen atoms in total. The van der Waals surface area contributed by atoms with Gasteiger partial charge in [-0.15, -0.1) is 0 Å². The van der Waals surface area contributed by atoms with Gasteiger partial charge in [-0.2, -0.15) is 0 Å². The molecule has 0 bridgehead atoms. The van der Waals surface area contributed by atoms with Gasteiger partial charge < -0.3 is 10.1 Å². The van der Waals surface area contributed by atoms with Crippen molar-refractivity contribution >= 4 is 11.8 Å². The van der Waals surface area contributed by atoms with Crippen molar-refractivity contribution in [1.29, 1.82) is 0 Å². The van der Waals surface area contributed by atoms with Crippen molar-refractivity contribution in [3.63, 3.8) is 0 Å². The van der Waals surface area contributed by atoms with E-state index in [1.54, 1.807) is 6.07 Å². The molecule has 0 spiro atoms. The molecule has 0 radical (unpaired) electrons. The van der Waals surface area contributed by atoms with Gasteiger partial charge in [0.2, 0.25) is 0 Å². The zero-order valence-electron chi connectivity index (χ0n) is 17.3. The monoisotopic (exact) mass is 390 g/mol. The number of aromatic nitrogens is 3. The molecule has 6 heteroatoms. The molecule has 0 unspecified atom stereocenters. The van der Waals surface area contributed by atoms with E-state index in [-0.39, 0.29) is 5.97 Å². The molecule has 0 aliphatic heterocycles. The summed E-state index contributed by atoms with van der Waals surface area (Å²) in [5.41, 5.74) is 5.95. The molecule has 0 amide bonds. The number of carbonyl (C=O) groups is 1. The Hall–Kier alpha value is -3.28. The van der Waals surface area contributed by atoms with Crippen molar-refractivity contribution in [3.05, 3.63) is 82.1 Å². The first-order valence-corrected chi connectivity index (χ1v) is 9.62. The van der Waals surface area contributed by atoms with Gasteiger partial charge in [-0.3, -0.25) is 4.98 Å². The zero-order chi connectivity index (χ0) is 20.8. The van der Waals surface area contributed by atoms with E-state index in [0.29, 0.717) is 12.0 Å². The molecule has 29 heavy (non-hydrogen) atoms. The molecular weight excluding hydrogens is 364 g/mol. The van der Waals surface area contributed by atoms with E-state index in [9.17, 15) is 4.79 Å². The number of rotatable bonds is 7. The fraction of sp³-hybridized carbons (Fsp3) is 0.304. The molecule has 0 atom stereocenters. The van der Waals surface area contributed by atoms with Crippen molar-refractivity contribution in [2.45, 2.75) is 33.1 Å². The molecule has 0 saturated heterocycles. The van der Waals surface area contributed by atoms with E-state index >= 15 is 0 Å². The highest BCUT2D eigenvalue weighted by atomic mass is 16.5. The SMILES string of the molecule is CNc1nc(Cc2ccc(C)nc2)ncc1CCc1cc(C(=O)OC)ccc1C. The van der Waals surface area contributed by atoms with Crippen molar-refractivity contribution < 1.29 is 9.53 Å². The maximum Gasteiger partial charge on any atom is 0.337 e. The molecule has 3 aromatic rings. The second-order valence-corrected chi connectivity index (χ2v) is 7.03. The van der Waals surface area contributed by atoms with Gasteiger partial charge in [0, 0.05) is 37.1 Å². The Kier molecular flexibility index (Phi) is 6.54. The number of carbonyl (C=O) groups excluding carboxylic acids is 1. The number of anilines is 1. The van der Waals surface area contributed by atoms with Crippen LogP contribution < -0.4 is 5.32 Å². The first kappa shape index (κ1) is 20.5. The smallest absolute Gasteiger partial charge is 0.337 e. The summed E-state index contributed by atoms with van der Waals surface area (Å²) >= 11 is 0. The number of ether oxygens (including phenoxy) is 1. The topological polar surface area (TPSA) is 77.0 Å². The third-order valence-electron chi connectivity index (χ3n) is 4.92. The summed E-state index contributed by atoms with van der Waals surface area (Å²) in [6.07, 6.45) is 5.95. The van der Waals surface area contributed by atoms with Crippen molar-refractivity contribution in [1.82, 2.24) is 15.0 Å². The standard InChI is InChI=1S/C23H26N4O2/c1-15-5-8-19(23(28)29-4)12-18(15)9-10-20-14-26-21(27-22(20)24-3)11-17-7-6-16(2)25-13-17/h5-8,12-14H,9-11H2,1-4H3,(H,24,26,27). The molecule has 3 rings (SSSR count). The quantitative estimate of drug-likeness (QED) is 0.620. The second kappa shape index (κ2) is 9.28. The van der Waals surface area contributed by atoms with Gasteiger partial charge in [0.25, 0.3) is 0 Å². The third-order valence-corrected chi connectivity index (χ3v) is 4.92. The molecule has 2 aromatic heterocycles. The first-order chi connectivity index (χ1) is 14.0. The Morgan fingerprint density at radius 1 is 1.03 bits per heavy atom. The molecule has 1 N–H and O–H groups in total. The van der Waals surface area contributed by atoms with E-state index in [0.717, 1.165) is 52.4 Å². The summed E-state index contributed by atoms with van der Waals surface area (Å²) < 4.78 is 4.83. The van der Waals surface area contributed by atoms with Crippen LogP contribution in [0.15, 0.2) is 42.7 Å². The number of aryl methyl sites for hydroxylation is 4. The van der Waals surface area contributed by atoms with Crippen molar-refractivity contribution in [2.24, 2.45) is 0 Å². The first-order valence-electron chi connectivity index (χ1n) is 9.62. The maximum atomic E-state index is 11.8. The predicted molar refractivity (Wildman–Crippen MR) is 113 cm³/mol. The van der Waals surface area contributed by atoms with Gasteiger partial charge in [0.05, 0.1) is 12.7 Å². The predicted octanol–water partition coefficient (Wildman–Crippen LogP) is 3.69. The van der Waals surface area contributed by atoms with Crippen LogP contribution in [0.5, 0.6) is 0 Å². The van der Waals surface area contributed by atoms with E-state index in [1.165, 1.54) is 7.11 Å². The lowest BCUT2D eigenvalue weighted by molar-refractivity contribution is 0.0600. The van der Waals surface area contributed by atoms with Crippen LogP contribution in [-0.4, -0.2) is 35.1 Å². The van der Waals surface area contributed by atoms with Gasteiger partial charge in [-0.25, -0.2) is 14.8 Å². The number of methoxy groups -OCH3 is 1. The maximum absolute atomic E-state index is 11.8. The average Bonchev–Trinajstić information content (AvgIpc) is 2.74. The lowest BCUT2D eigenvalue weighted by atomic mass is 9.99. The van der Waals surface area contributed by atoms with E-state index in [1.807, 2.05) is 51.5 Å². The number of nitrogens with zero attached hydrogens (tertiary/aromatic N) is 3. The Balaban J connectivity index is 1.74. The third kappa shape index (κ3) is 5.16. The number of pyridine rings is 1. The number of nitrogens with one attached hydrogen (secondary N) is 1. The van der Waals surface area contributed by atoms with Gasteiger partial charge in [-0.1, -0.05) is 12.1 Å². The van der Waals surface area contributed by atoms with Gasteiger partial charge in [0.15, 0.2) is 0 Å². The van der Waals surface area contributed by atoms with Crippen LogP contribution >= 0.6 is 0 Å². The minimum atomic E-state index is -0.319. The van der Waals surface area contributed by atoms with Crippen LogP contribution in [0.4, 0.5) is 5.82 Å². The van der Waals surface area contributed by atoms with E-state index in [4.69, 9.17) is 4.74 Å². The van der Waals surface area contributed by atoms with Gasteiger partial charge in [0.1, 0.15) is 11.6 Å². The Bertz CT molecular complexity index is 1000. The summed E-state index contributed by atoms with van der Waals surface area (Å²) in [7, 11) is 3.26. The lowest BCUT2D eigenvalue weighted by Crippen LogP contribution is -2.07. The number of hydrogen-bond acceptors (Lipinski definition) is 6. The summed E-state index contributed by atoms with van der Waals surface area (Å²) in [6, 6.07) is 9.69. The number of esters is 1. The minimum Gasteiger partial charge on any atom is -0.465 e.